The number of urea groups is 1. The molecule has 1 heterocycles. The molecule has 0 aliphatic carbocycles. The molecule has 0 aliphatic heterocycles. The van der Waals surface area contributed by atoms with Gasteiger partial charge in [0.05, 0.1) is 6.04 Å². The van der Waals surface area contributed by atoms with Crippen molar-refractivity contribution >= 4 is 17.4 Å². The maximum absolute atomic E-state index is 10.4. The number of hydrogen-bond acceptors (Lipinski definition) is 2. The molecule has 0 bridgehead atoms. The second-order valence-corrected chi connectivity index (χ2v) is 3.22. The number of carbonyl (C=O) groups is 1. The first-order valence-corrected chi connectivity index (χ1v) is 4.17. The molecule has 2 amide bonds. The van der Waals surface area contributed by atoms with Crippen LogP contribution in [-0.2, 0) is 0 Å². The van der Waals surface area contributed by atoms with Crippen molar-refractivity contribution in [2.45, 2.75) is 13.0 Å². The van der Waals surface area contributed by atoms with Crippen molar-refractivity contribution in [1.82, 2.24) is 5.32 Å². The number of carbonyl (C=O) groups excluding carboxylic acids is 1. The van der Waals surface area contributed by atoms with E-state index >= 15 is 0 Å². The van der Waals surface area contributed by atoms with E-state index in [9.17, 15) is 4.79 Å². The summed E-state index contributed by atoms with van der Waals surface area (Å²) in [5, 5.41) is 4.56. The van der Waals surface area contributed by atoms with Gasteiger partial charge in [-0.15, -0.1) is 11.3 Å². The molecule has 1 aromatic heterocycles. The monoisotopic (exact) mass is 170 g/mol. The Kier molecular flexibility index (Phi) is 2.48. The molecular weight excluding hydrogens is 160 g/mol. The molecule has 0 fully saturated rings. The van der Waals surface area contributed by atoms with E-state index in [1.807, 2.05) is 24.4 Å². The summed E-state index contributed by atoms with van der Waals surface area (Å²) in [6, 6.07) is 3.45. The Labute approximate surface area is 69.2 Å². The van der Waals surface area contributed by atoms with E-state index in [1.54, 1.807) is 11.3 Å². The Morgan fingerprint density at radius 1 is 1.82 bits per heavy atom. The van der Waals surface area contributed by atoms with Crippen LogP contribution < -0.4 is 11.1 Å². The Morgan fingerprint density at radius 2 is 2.55 bits per heavy atom. The summed E-state index contributed by atoms with van der Waals surface area (Å²) in [4.78, 5) is 11.5. The van der Waals surface area contributed by atoms with E-state index in [2.05, 4.69) is 5.32 Å². The van der Waals surface area contributed by atoms with Crippen LogP contribution in [0.1, 0.15) is 17.8 Å². The fraction of sp³-hybridized carbons (Fsp3) is 0.286. The van der Waals surface area contributed by atoms with Crippen LogP contribution in [0.3, 0.4) is 0 Å². The summed E-state index contributed by atoms with van der Waals surface area (Å²) < 4.78 is 0. The second-order valence-electron chi connectivity index (χ2n) is 2.25. The maximum atomic E-state index is 10.4. The number of primary amides is 1. The minimum atomic E-state index is -0.481. The Bertz CT molecular complexity index is 233. The SMILES string of the molecule is CC(NC(N)=O)c1cccs1. The highest BCUT2D eigenvalue weighted by molar-refractivity contribution is 7.10. The first kappa shape index (κ1) is 8.07. The Balaban J connectivity index is 2.56. The van der Waals surface area contributed by atoms with Crippen LogP contribution in [-0.4, -0.2) is 6.03 Å². The van der Waals surface area contributed by atoms with Gasteiger partial charge in [-0.05, 0) is 18.4 Å². The molecular formula is C7H10N2OS. The van der Waals surface area contributed by atoms with Gasteiger partial charge < -0.3 is 11.1 Å². The maximum Gasteiger partial charge on any atom is 0.312 e. The van der Waals surface area contributed by atoms with Crippen molar-refractivity contribution in [1.29, 1.82) is 0 Å². The highest BCUT2D eigenvalue weighted by Crippen LogP contribution is 2.17. The van der Waals surface area contributed by atoms with Crippen LogP contribution in [0.15, 0.2) is 17.5 Å². The molecule has 1 unspecified atom stereocenters. The second kappa shape index (κ2) is 3.39. The Morgan fingerprint density at radius 3 is 3.00 bits per heavy atom. The average Bonchev–Trinajstić information content (AvgIpc) is 2.35. The topological polar surface area (TPSA) is 55.1 Å². The molecule has 3 nitrogen and oxygen atoms in total. The third-order valence-corrected chi connectivity index (χ3v) is 2.38. The predicted molar refractivity (Wildman–Crippen MR) is 45.5 cm³/mol. The molecule has 0 saturated carbocycles. The van der Waals surface area contributed by atoms with Crippen LogP contribution >= 0.6 is 11.3 Å². The molecule has 1 aromatic rings. The van der Waals surface area contributed by atoms with Gasteiger partial charge in [0.2, 0.25) is 0 Å². The molecule has 0 spiro atoms. The van der Waals surface area contributed by atoms with Gasteiger partial charge in [0.1, 0.15) is 0 Å². The van der Waals surface area contributed by atoms with Crippen LogP contribution in [0, 0.1) is 0 Å². The molecule has 1 rings (SSSR count). The summed E-state index contributed by atoms with van der Waals surface area (Å²) in [5.74, 6) is 0. The first-order valence-electron chi connectivity index (χ1n) is 3.29. The highest BCUT2D eigenvalue weighted by atomic mass is 32.1. The number of nitrogens with two attached hydrogens (primary N) is 1. The summed E-state index contributed by atoms with van der Waals surface area (Å²) in [6.07, 6.45) is 0. The molecule has 0 saturated heterocycles. The normalized spacial score (nSPS) is 12.5. The molecule has 0 aliphatic rings. The lowest BCUT2D eigenvalue weighted by atomic mass is 10.3. The zero-order chi connectivity index (χ0) is 8.27. The van der Waals surface area contributed by atoms with Crippen LogP contribution in [0.25, 0.3) is 0 Å². The molecule has 4 heteroatoms. The van der Waals surface area contributed by atoms with Crippen LogP contribution in [0.4, 0.5) is 4.79 Å². The smallest absolute Gasteiger partial charge is 0.312 e. The third-order valence-electron chi connectivity index (χ3n) is 1.33. The van der Waals surface area contributed by atoms with E-state index < -0.39 is 6.03 Å². The van der Waals surface area contributed by atoms with Crippen molar-refractivity contribution in [3.8, 4) is 0 Å². The molecule has 3 N–H and O–H groups in total. The van der Waals surface area contributed by atoms with E-state index in [0.29, 0.717) is 0 Å². The van der Waals surface area contributed by atoms with E-state index in [-0.39, 0.29) is 6.04 Å². The molecule has 11 heavy (non-hydrogen) atoms. The summed E-state index contributed by atoms with van der Waals surface area (Å²) in [5.41, 5.74) is 4.95. The fourth-order valence-electron chi connectivity index (χ4n) is 0.822. The number of rotatable bonds is 2. The lowest BCUT2D eigenvalue weighted by molar-refractivity contribution is 0.246. The van der Waals surface area contributed by atoms with Crippen LogP contribution in [0.5, 0.6) is 0 Å². The number of thiophene rings is 1. The van der Waals surface area contributed by atoms with E-state index in [4.69, 9.17) is 5.73 Å². The standard InChI is InChI=1S/C7H10N2OS/c1-5(9-7(8)10)6-3-2-4-11-6/h2-5H,1H3,(H3,8,9,10). The van der Waals surface area contributed by atoms with Gasteiger partial charge in [0.15, 0.2) is 0 Å². The van der Waals surface area contributed by atoms with Crippen molar-refractivity contribution in [3.63, 3.8) is 0 Å². The van der Waals surface area contributed by atoms with Gasteiger partial charge in [-0.3, -0.25) is 0 Å². The van der Waals surface area contributed by atoms with Crippen molar-refractivity contribution < 1.29 is 4.79 Å². The van der Waals surface area contributed by atoms with Gasteiger partial charge >= 0.3 is 6.03 Å². The number of amides is 2. The van der Waals surface area contributed by atoms with Crippen molar-refractivity contribution in [2.24, 2.45) is 5.73 Å². The van der Waals surface area contributed by atoms with Gasteiger partial charge in [-0.1, -0.05) is 6.07 Å². The molecule has 1 atom stereocenters. The highest BCUT2D eigenvalue weighted by Gasteiger charge is 2.06. The van der Waals surface area contributed by atoms with Gasteiger partial charge in [0.25, 0.3) is 0 Å². The van der Waals surface area contributed by atoms with E-state index in [1.165, 1.54) is 0 Å². The lowest BCUT2D eigenvalue weighted by Gasteiger charge is -2.08. The molecule has 0 radical (unpaired) electrons. The summed E-state index contributed by atoms with van der Waals surface area (Å²) in [6.45, 7) is 1.90. The summed E-state index contributed by atoms with van der Waals surface area (Å²) >= 11 is 1.60. The van der Waals surface area contributed by atoms with Gasteiger partial charge in [-0.2, -0.15) is 0 Å². The molecule has 0 aromatic carbocycles. The third kappa shape index (κ3) is 2.23. The average molecular weight is 170 g/mol. The minimum absolute atomic E-state index is 0.0208. The number of nitrogens with one attached hydrogen (secondary N) is 1. The Hall–Kier alpha value is -1.03. The van der Waals surface area contributed by atoms with Gasteiger partial charge in [-0.25, -0.2) is 4.79 Å². The van der Waals surface area contributed by atoms with Gasteiger partial charge in [0, 0.05) is 4.88 Å². The zero-order valence-electron chi connectivity index (χ0n) is 6.20. The van der Waals surface area contributed by atoms with Crippen LogP contribution in [0.2, 0.25) is 0 Å². The predicted octanol–water partition coefficient (Wildman–Crippen LogP) is 1.48. The van der Waals surface area contributed by atoms with Crippen molar-refractivity contribution in [3.05, 3.63) is 22.4 Å². The lowest BCUT2D eigenvalue weighted by Crippen LogP contribution is -2.31. The largest absolute Gasteiger partial charge is 0.352 e. The van der Waals surface area contributed by atoms with Crippen molar-refractivity contribution in [2.75, 3.05) is 0 Å². The minimum Gasteiger partial charge on any atom is -0.352 e. The fourth-order valence-corrected chi connectivity index (χ4v) is 1.56. The summed E-state index contributed by atoms with van der Waals surface area (Å²) in [7, 11) is 0. The molecule has 60 valence electrons. The number of hydrogen-bond donors (Lipinski definition) is 2. The first-order chi connectivity index (χ1) is 5.20. The van der Waals surface area contributed by atoms with E-state index in [0.717, 1.165) is 4.88 Å². The quantitative estimate of drug-likeness (QED) is 0.694. The zero-order valence-corrected chi connectivity index (χ0v) is 7.02.